The van der Waals surface area contributed by atoms with E-state index in [1.54, 1.807) is 6.07 Å². The summed E-state index contributed by atoms with van der Waals surface area (Å²) in [7, 11) is -3.62. The fourth-order valence-corrected chi connectivity index (χ4v) is 4.95. The quantitative estimate of drug-likeness (QED) is 0.695. The first-order chi connectivity index (χ1) is 13.7. The highest BCUT2D eigenvalue weighted by molar-refractivity contribution is 7.92. The summed E-state index contributed by atoms with van der Waals surface area (Å²) in [6, 6.07) is 15.7. The Balaban J connectivity index is 1.65. The van der Waals surface area contributed by atoms with Crippen molar-refractivity contribution in [3.05, 3.63) is 70.8 Å². The van der Waals surface area contributed by atoms with Crippen molar-refractivity contribution in [2.24, 2.45) is 0 Å². The highest BCUT2D eigenvalue weighted by Gasteiger charge is 2.23. The molecule has 29 heavy (non-hydrogen) atoms. The van der Waals surface area contributed by atoms with Gasteiger partial charge in [-0.15, -0.1) is 0 Å². The van der Waals surface area contributed by atoms with Gasteiger partial charge in [-0.05, 0) is 66.5 Å². The van der Waals surface area contributed by atoms with Crippen LogP contribution in [0.2, 0.25) is 0 Å². The number of aryl methyl sites for hydroxylation is 4. The highest BCUT2D eigenvalue weighted by atomic mass is 32.2. The van der Waals surface area contributed by atoms with E-state index in [1.807, 2.05) is 50.2 Å². The minimum Gasteiger partial charge on any atom is -0.324 e. The van der Waals surface area contributed by atoms with Crippen molar-refractivity contribution < 1.29 is 13.2 Å². The molecule has 0 fully saturated rings. The van der Waals surface area contributed by atoms with Crippen LogP contribution < -0.4 is 9.62 Å². The minimum absolute atomic E-state index is 0.272. The van der Waals surface area contributed by atoms with Gasteiger partial charge in [0.05, 0.1) is 11.9 Å². The summed E-state index contributed by atoms with van der Waals surface area (Å²) in [5.41, 5.74) is 5.57. The number of rotatable bonds is 5. The Morgan fingerprint density at radius 3 is 2.48 bits per heavy atom. The Bertz CT molecular complexity index is 1220. The second-order valence-electron chi connectivity index (χ2n) is 7.72. The van der Waals surface area contributed by atoms with Crippen LogP contribution in [0, 0.1) is 13.8 Å². The van der Waals surface area contributed by atoms with Crippen LogP contribution in [0.4, 0.5) is 11.4 Å². The molecule has 6 heteroatoms. The number of carbonyl (C=O) groups excluding carboxylic acids is 1. The molecule has 0 radical (unpaired) electrons. The second kappa shape index (κ2) is 7.19. The number of carbonyl (C=O) groups is 1. The lowest BCUT2D eigenvalue weighted by molar-refractivity contribution is -0.114. The summed E-state index contributed by atoms with van der Waals surface area (Å²) in [5.74, 6) is -0.366. The lowest BCUT2D eigenvalue weighted by atomic mass is 10.0. The van der Waals surface area contributed by atoms with Gasteiger partial charge in [0.25, 0.3) is 0 Å². The van der Waals surface area contributed by atoms with Crippen LogP contribution in [0.25, 0.3) is 10.8 Å². The van der Waals surface area contributed by atoms with E-state index in [0.717, 1.165) is 35.6 Å². The summed E-state index contributed by atoms with van der Waals surface area (Å²) >= 11 is 0. The highest BCUT2D eigenvalue weighted by Crippen LogP contribution is 2.35. The van der Waals surface area contributed by atoms with Gasteiger partial charge in [0, 0.05) is 11.1 Å². The zero-order valence-electron chi connectivity index (χ0n) is 16.8. The van der Waals surface area contributed by atoms with Crippen LogP contribution in [-0.2, 0) is 27.7 Å². The van der Waals surface area contributed by atoms with E-state index in [1.165, 1.54) is 20.8 Å². The minimum atomic E-state index is -3.62. The Morgan fingerprint density at radius 2 is 1.76 bits per heavy atom. The Morgan fingerprint density at radius 1 is 1.03 bits per heavy atom. The van der Waals surface area contributed by atoms with Crippen LogP contribution in [-0.4, -0.2) is 27.1 Å². The molecule has 4 rings (SSSR count). The van der Waals surface area contributed by atoms with Crippen molar-refractivity contribution in [3.63, 3.8) is 0 Å². The maximum Gasteiger partial charge on any atom is 0.245 e. The number of sulfonamides is 1. The molecule has 0 saturated heterocycles. The molecule has 3 aromatic carbocycles. The number of nitrogens with one attached hydrogen (secondary N) is 1. The summed E-state index contributed by atoms with van der Waals surface area (Å²) in [6.07, 6.45) is 3.15. The second-order valence-corrected chi connectivity index (χ2v) is 9.63. The summed E-state index contributed by atoms with van der Waals surface area (Å²) in [6.45, 7) is 3.47. The van der Waals surface area contributed by atoms with E-state index in [0.29, 0.717) is 11.4 Å². The van der Waals surface area contributed by atoms with Gasteiger partial charge in [0.15, 0.2) is 0 Å². The smallest absolute Gasteiger partial charge is 0.245 e. The fraction of sp³-hybridized carbons (Fsp3) is 0.261. The lowest BCUT2D eigenvalue weighted by Gasteiger charge is -2.24. The molecule has 150 valence electrons. The zero-order chi connectivity index (χ0) is 20.8. The van der Waals surface area contributed by atoms with Gasteiger partial charge in [-0.2, -0.15) is 0 Å². The third kappa shape index (κ3) is 3.72. The monoisotopic (exact) mass is 408 g/mol. The van der Waals surface area contributed by atoms with Gasteiger partial charge in [-0.1, -0.05) is 36.4 Å². The average molecular weight is 409 g/mol. The maximum atomic E-state index is 12.9. The van der Waals surface area contributed by atoms with Crippen LogP contribution in [0.15, 0.2) is 48.5 Å². The topological polar surface area (TPSA) is 66.5 Å². The first kappa shape index (κ1) is 19.5. The van der Waals surface area contributed by atoms with E-state index in [2.05, 4.69) is 11.4 Å². The third-order valence-electron chi connectivity index (χ3n) is 5.47. The number of hydrogen-bond donors (Lipinski definition) is 1. The molecule has 0 aromatic heterocycles. The van der Waals surface area contributed by atoms with Gasteiger partial charge < -0.3 is 5.32 Å². The molecule has 0 bridgehead atoms. The molecule has 3 aromatic rings. The lowest BCUT2D eigenvalue weighted by Crippen LogP contribution is -2.38. The summed E-state index contributed by atoms with van der Waals surface area (Å²) in [5, 5.41) is 5.14. The van der Waals surface area contributed by atoms with E-state index in [9.17, 15) is 13.2 Å². The Hall–Kier alpha value is -2.86. The number of amides is 1. The predicted octanol–water partition coefficient (Wildman–Crippen LogP) is 3.96. The molecular formula is C23H24N2O3S. The van der Waals surface area contributed by atoms with E-state index < -0.39 is 10.0 Å². The Labute approximate surface area is 171 Å². The number of nitrogens with zero attached hydrogens (tertiary/aromatic N) is 1. The average Bonchev–Trinajstić information content (AvgIpc) is 3.08. The van der Waals surface area contributed by atoms with Crippen molar-refractivity contribution in [1.82, 2.24) is 0 Å². The molecular weight excluding hydrogens is 384 g/mol. The van der Waals surface area contributed by atoms with Crippen molar-refractivity contribution in [2.75, 3.05) is 22.4 Å². The van der Waals surface area contributed by atoms with Gasteiger partial charge >= 0.3 is 0 Å². The molecule has 5 nitrogen and oxygen atoms in total. The predicted molar refractivity (Wildman–Crippen MR) is 118 cm³/mol. The number of anilines is 2. The molecule has 0 heterocycles. The molecule has 0 saturated carbocycles. The fourth-order valence-electron chi connectivity index (χ4n) is 4.05. The molecule has 0 unspecified atom stereocenters. The van der Waals surface area contributed by atoms with E-state index in [4.69, 9.17) is 0 Å². The molecule has 1 aliphatic rings. The van der Waals surface area contributed by atoms with E-state index >= 15 is 0 Å². The van der Waals surface area contributed by atoms with Crippen molar-refractivity contribution in [2.45, 2.75) is 26.7 Å². The van der Waals surface area contributed by atoms with Crippen LogP contribution >= 0.6 is 0 Å². The van der Waals surface area contributed by atoms with E-state index in [-0.39, 0.29) is 12.5 Å². The van der Waals surface area contributed by atoms with Crippen LogP contribution in [0.1, 0.15) is 22.3 Å². The summed E-state index contributed by atoms with van der Waals surface area (Å²) in [4.78, 5) is 12.9. The zero-order valence-corrected chi connectivity index (χ0v) is 17.6. The molecule has 1 N–H and O–H groups in total. The Kier molecular flexibility index (Phi) is 4.82. The van der Waals surface area contributed by atoms with Gasteiger partial charge in [0.2, 0.25) is 15.9 Å². The SMILES string of the molecule is Cc1ccc(C)c(N(CC(=O)Nc2ccc3c4c(cccc24)CC3)S(C)(=O)=O)c1. The number of hydrogen-bond acceptors (Lipinski definition) is 3. The summed E-state index contributed by atoms with van der Waals surface area (Å²) < 4.78 is 26.0. The normalized spacial score (nSPS) is 12.9. The van der Waals surface area contributed by atoms with Crippen LogP contribution in [0.3, 0.4) is 0 Å². The van der Waals surface area contributed by atoms with Gasteiger partial charge in [-0.3, -0.25) is 9.10 Å². The molecule has 0 aliphatic heterocycles. The number of benzene rings is 3. The van der Waals surface area contributed by atoms with Crippen molar-refractivity contribution in [1.29, 1.82) is 0 Å². The van der Waals surface area contributed by atoms with Crippen LogP contribution in [0.5, 0.6) is 0 Å². The standard InChI is InChI=1S/C23H24N2O3S/c1-15-7-8-16(2)21(13-15)25(29(3,27)28)14-22(26)24-20-12-11-18-10-9-17-5-4-6-19(20)23(17)18/h4-8,11-13H,9-10,14H2,1-3H3,(H,24,26). The largest absolute Gasteiger partial charge is 0.324 e. The molecule has 1 aliphatic carbocycles. The first-order valence-corrected chi connectivity index (χ1v) is 11.5. The van der Waals surface area contributed by atoms with Crippen molar-refractivity contribution >= 4 is 38.1 Å². The molecule has 0 spiro atoms. The first-order valence-electron chi connectivity index (χ1n) is 9.62. The van der Waals surface area contributed by atoms with Gasteiger partial charge in [-0.25, -0.2) is 8.42 Å². The van der Waals surface area contributed by atoms with Crippen molar-refractivity contribution in [3.8, 4) is 0 Å². The molecule has 0 atom stereocenters. The molecule has 1 amide bonds. The maximum absolute atomic E-state index is 12.9. The van der Waals surface area contributed by atoms with Gasteiger partial charge in [0.1, 0.15) is 6.54 Å². The third-order valence-corrected chi connectivity index (χ3v) is 6.60.